The predicted molar refractivity (Wildman–Crippen MR) is 83.0 cm³/mol. The fourth-order valence-electron chi connectivity index (χ4n) is 2.62. The summed E-state index contributed by atoms with van der Waals surface area (Å²) < 4.78 is 24.7. The Morgan fingerprint density at radius 1 is 1.48 bits per heavy atom. The van der Waals surface area contributed by atoms with E-state index in [-0.39, 0.29) is 23.3 Å². The van der Waals surface area contributed by atoms with E-state index in [9.17, 15) is 14.0 Å². The van der Waals surface area contributed by atoms with Gasteiger partial charge in [0.05, 0.1) is 23.3 Å². The molecule has 0 spiro atoms. The van der Waals surface area contributed by atoms with E-state index in [1.165, 1.54) is 6.07 Å². The summed E-state index contributed by atoms with van der Waals surface area (Å²) in [6, 6.07) is 1.54. The van der Waals surface area contributed by atoms with Gasteiger partial charge in [0.15, 0.2) is 11.6 Å². The fourth-order valence-corrected chi connectivity index (χ4v) is 2.76. The largest absolute Gasteiger partial charge is 0.514 e. The minimum absolute atomic E-state index is 0.00892. The molecule has 1 fully saturated rings. The van der Waals surface area contributed by atoms with E-state index in [0.717, 1.165) is 29.0 Å². The van der Waals surface area contributed by atoms with Crippen LogP contribution >= 0.6 is 11.6 Å². The lowest BCUT2D eigenvalue weighted by molar-refractivity contribution is 0.103. The van der Waals surface area contributed by atoms with E-state index in [1.807, 2.05) is 0 Å². The normalized spacial score (nSPS) is 14.1. The molecule has 7 heteroatoms. The predicted octanol–water partition coefficient (Wildman–Crippen LogP) is 3.81. The number of fused-ring (bicyclic) bond motifs is 1. The first-order valence-electron chi connectivity index (χ1n) is 7.32. The van der Waals surface area contributed by atoms with E-state index >= 15 is 0 Å². The summed E-state index contributed by atoms with van der Waals surface area (Å²) in [5.41, 5.74) is 1.26. The molecule has 0 N–H and O–H groups in total. The Labute approximate surface area is 136 Å². The minimum Gasteiger partial charge on any atom is -0.434 e. The highest BCUT2D eigenvalue weighted by molar-refractivity contribution is 6.32. The minimum atomic E-state index is -0.961. The van der Waals surface area contributed by atoms with Crippen LogP contribution in [0, 0.1) is 12.7 Å². The van der Waals surface area contributed by atoms with Crippen molar-refractivity contribution in [2.24, 2.45) is 0 Å². The SMILES string of the molecule is CCOC(=O)Oc1cc(C2CC2)c2c(C)c(Cl)c(F)cn2c1=O. The molecule has 1 aliphatic rings. The van der Waals surface area contributed by atoms with Gasteiger partial charge in [0.25, 0.3) is 5.56 Å². The number of pyridine rings is 2. The van der Waals surface area contributed by atoms with Crippen LogP contribution in [0.25, 0.3) is 5.52 Å². The van der Waals surface area contributed by atoms with E-state index < -0.39 is 17.5 Å². The zero-order valence-corrected chi connectivity index (χ0v) is 13.4. The molecule has 3 rings (SSSR count). The number of halogens is 2. The maximum Gasteiger partial charge on any atom is 0.514 e. The third-order valence-corrected chi connectivity index (χ3v) is 4.30. The Bertz CT molecular complexity index is 858. The van der Waals surface area contributed by atoms with Crippen molar-refractivity contribution < 1.29 is 18.7 Å². The van der Waals surface area contributed by atoms with Crippen LogP contribution in [0.15, 0.2) is 17.1 Å². The number of hydrogen-bond acceptors (Lipinski definition) is 4. The van der Waals surface area contributed by atoms with Crippen LogP contribution in [-0.4, -0.2) is 17.2 Å². The van der Waals surface area contributed by atoms with Gasteiger partial charge < -0.3 is 9.47 Å². The summed E-state index contributed by atoms with van der Waals surface area (Å²) >= 11 is 5.98. The third-order valence-electron chi connectivity index (χ3n) is 3.84. The highest BCUT2D eigenvalue weighted by atomic mass is 35.5. The van der Waals surface area contributed by atoms with Crippen LogP contribution in [0.1, 0.15) is 36.8 Å². The zero-order chi connectivity index (χ0) is 16.7. The second-order valence-corrected chi connectivity index (χ2v) is 5.84. The average molecular weight is 340 g/mol. The summed E-state index contributed by atoms with van der Waals surface area (Å²) in [4.78, 5) is 24.0. The van der Waals surface area contributed by atoms with Crippen LogP contribution in [-0.2, 0) is 4.74 Å². The van der Waals surface area contributed by atoms with Crippen molar-refractivity contribution in [1.82, 2.24) is 4.40 Å². The molecule has 0 aliphatic heterocycles. The van der Waals surface area contributed by atoms with Gasteiger partial charge in [-0.25, -0.2) is 9.18 Å². The summed E-state index contributed by atoms with van der Waals surface area (Å²) in [6.07, 6.45) is 1.98. The van der Waals surface area contributed by atoms with Gasteiger partial charge in [0.2, 0.25) is 0 Å². The van der Waals surface area contributed by atoms with Gasteiger partial charge >= 0.3 is 6.16 Å². The lowest BCUT2D eigenvalue weighted by Gasteiger charge is -2.14. The van der Waals surface area contributed by atoms with Crippen LogP contribution in [0.2, 0.25) is 5.02 Å². The Morgan fingerprint density at radius 2 is 2.17 bits per heavy atom. The van der Waals surface area contributed by atoms with Crippen molar-refractivity contribution in [3.05, 3.63) is 44.6 Å². The average Bonchev–Trinajstić information content (AvgIpc) is 3.33. The van der Waals surface area contributed by atoms with Crippen molar-refractivity contribution in [2.75, 3.05) is 6.61 Å². The maximum atomic E-state index is 13.9. The molecule has 2 aromatic heterocycles. The topological polar surface area (TPSA) is 57.0 Å². The van der Waals surface area contributed by atoms with E-state index in [0.29, 0.717) is 11.1 Å². The van der Waals surface area contributed by atoms with Crippen LogP contribution in [0.5, 0.6) is 5.75 Å². The van der Waals surface area contributed by atoms with Gasteiger partial charge in [0, 0.05) is 0 Å². The second-order valence-electron chi connectivity index (χ2n) is 5.46. The molecule has 0 amide bonds. The van der Waals surface area contributed by atoms with Gasteiger partial charge in [-0.1, -0.05) is 11.6 Å². The molecule has 0 unspecified atom stereocenters. The molecule has 0 bridgehead atoms. The highest BCUT2D eigenvalue weighted by Crippen LogP contribution is 2.44. The van der Waals surface area contributed by atoms with Crippen LogP contribution < -0.4 is 10.3 Å². The number of carbonyl (C=O) groups excluding carboxylic acids is 1. The molecular formula is C16H15ClFNO4. The van der Waals surface area contributed by atoms with Gasteiger partial charge in [-0.2, -0.15) is 0 Å². The number of ether oxygens (including phenoxy) is 2. The lowest BCUT2D eigenvalue weighted by Crippen LogP contribution is -2.22. The molecule has 2 heterocycles. The van der Waals surface area contributed by atoms with Crippen molar-refractivity contribution in [3.63, 3.8) is 0 Å². The van der Waals surface area contributed by atoms with Crippen LogP contribution in [0.4, 0.5) is 9.18 Å². The van der Waals surface area contributed by atoms with Gasteiger partial charge in [0.1, 0.15) is 0 Å². The molecule has 0 aromatic carbocycles. The second kappa shape index (κ2) is 5.85. The Hall–Kier alpha value is -2.08. The fraction of sp³-hybridized carbons (Fsp3) is 0.375. The van der Waals surface area contributed by atoms with Crippen molar-refractivity contribution >= 4 is 23.3 Å². The number of carbonyl (C=O) groups is 1. The first kappa shape index (κ1) is 15.8. The number of aryl methyl sites for hydroxylation is 1. The number of nitrogens with zero attached hydrogens (tertiary/aromatic N) is 1. The Kier molecular flexibility index (Phi) is 4.02. The van der Waals surface area contributed by atoms with E-state index in [4.69, 9.17) is 21.1 Å². The smallest absolute Gasteiger partial charge is 0.434 e. The molecule has 23 heavy (non-hydrogen) atoms. The monoisotopic (exact) mass is 339 g/mol. The molecule has 2 aromatic rings. The van der Waals surface area contributed by atoms with Gasteiger partial charge in [-0.3, -0.25) is 9.20 Å². The molecule has 0 atom stereocenters. The molecule has 122 valence electrons. The van der Waals surface area contributed by atoms with Gasteiger partial charge in [-0.15, -0.1) is 0 Å². The lowest BCUT2D eigenvalue weighted by atomic mass is 10.1. The summed E-state index contributed by atoms with van der Waals surface area (Å²) in [5, 5.41) is -0.00892. The first-order valence-corrected chi connectivity index (χ1v) is 7.70. The number of hydrogen-bond donors (Lipinski definition) is 0. The molecule has 5 nitrogen and oxygen atoms in total. The quantitative estimate of drug-likeness (QED) is 0.798. The summed E-state index contributed by atoms with van der Waals surface area (Å²) in [5.74, 6) is -0.631. The van der Waals surface area contributed by atoms with Gasteiger partial charge in [-0.05, 0) is 49.8 Å². The zero-order valence-electron chi connectivity index (χ0n) is 12.7. The number of rotatable bonds is 3. The van der Waals surface area contributed by atoms with Crippen molar-refractivity contribution in [1.29, 1.82) is 0 Å². The van der Waals surface area contributed by atoms with Crippen LogP contribution in [0.3, 0.4) is 0 Å². The van der Waals surface area contributed by atoms with Crippen molar-refractivity contribution in [3.8, 4) is 5.75 Å². The Balaban J connectivity index is 2.24. The number of aromatic nitrogens is 1. The molecular weight excluding hydrogens is 325 g/mol. The molecule has 1 aliphatic carbocycles. The van der Waals surface area contributed by atoms with E-state index in [1.54, 1.807) is 13.8 Å². The van der Waals surface area contributed by atoms with E-state index in [2.05, 4.69) is 0 Å². The highest BCUT2D eigenvalue weighted by Gasteiger charge is 2.29. The van der Waals surface area contributed by atoms with Crippen molar-refractivity contribution in [2.45, 2.75) is 32.6 Å². The molecule has 0 saturated heterocycles. The Morgan fingerprint density at radius 3 is 2.78 bits per heavy atom. The summed E-state index contributed by atoms with van der Waals surface area (Å²) in [7, 11) is 0. The third kappa shape index (κ3) is 2.79. The standard InChI is InChI=1S/C16H15ClFNO4/c1-3-22-16(21)23-12-6-10(9-4-5-9)14-8(2)13(17)11(18)7-19(14)15(12)20/h6-7,9H,3-5H2,1-2H3. The molecule has 0 radical (unpaired) electrons. The summed E-state index contributed by atoms with van der Waals surface area (Å²) in [6.45, 7) is 3.43. The first-order chi connectivity index (χ1) is 10.9. The maximum absolute atomic E-state index is 13.9. The molecule has 1 saturated carbocycles.